The Labute approximate surface area is 125 Å². The molecule has 3 heteroatoms. The predicted molar refractivity (Wildman–Crippen MR) is 84.7 cm³/mol. The van der Waals surface area contributed by atoms with Gasteiger partial charge in [0.15, 0.2) is 0 Å². The normalized spacial score (nSPS) is 14.0. The fourth-order valence-corrected chi connectivity index (χ4v) is 3.06. The Kier molecular flexibility index (Phi) is 3.65. The summed E-state index contributed by atoms with van der Waals surface area (Å²) in [6.45, 7) is 0.568. The second-order valence-corrected chi connectivity index (χ2v) is 5.77. The first-order valence-corrected chi connectivity index (χ1v) is 7.30. The molecule has 21 heavy (non-hydrogen) atoms. The van der Waals surface area contributed by atoms with Gasteiger partial charge in [0.1, 0.15) is 0 Å². The number of para-hydroxylation sites is 1. The van der Waals surface area contributed by atoms with Gasteiger partial charge in [0.25, 0.3) is 0 Å². The molecule has 0 unspecified atom stereocenters. The second kappa shape index (κ2) is 5.60. The van der Waals surface area contributed by atoms with Crippen molar-refractivity contribution in [1.82, 2.24) is 4.90 Å². The van der Waals surface area contributed by atoms with E-state index in [4.69, 9.17) is 5.73 Å². The number of nitrogen functional groups attached to an aromatic ring is 1. The van der Waals surface area contributed by atoms with Gasteiger partial charge in [-0.2, -0.15) is 0 Å². The van der Waals surface area contributed by atoms with E-state index in [9.17, 15) is 4.79 Å². The number of benzene rings is 2. The van der Waals surface area contributed by atoms with Crippen molar-refractivity contribution in [3.63, 3.8) is 0 Å². The largest absolute Gasteiger partial charge is 0.398 e. The highest BCUT2D eigenvalue weighted by Gasteiger charge is 2.29. The molecule has 2 N–H and O–H groups in total. The average Bonchev–Trinajstić information content (AvgIpc) is 2.92. The van der Waals surface area contributed by atoms with Crippen molar-refractivity contribution < 1.29 is 4.79 Å². The number of carbonyl (C=O) groups is 1. The number of nitrogens with two attached hydrogens (primary N) is 1. The van der Waals surface area contributed by atoms with Gasteiger partial charge in [-0.25, -0.2) is 0 Å². The summed E-state index contributed by atoms with van der Waals surface area (Å²) in [5.74, 6) is 0.270. The first-order chi connectivity index (χ1) is 10.1. The first kappa shape index (κ1) is 13.7. The van der Waals surface area contributed by atoms with Crippen LogP contribution in [0.1, 0.15) is 16.7 Å². The van der Waals surface area contributed by atoms with E-state index in [1.54, 1.807) is 4.90 Å². The van der Waals surface area contributed by atoms with E-state index in [1.165, 1.54) is 11.1 Å². The van der Waals surface area contributed by atoms with Crippen LogP contribution in [0.3, 0.4) is 0 Å². The van der Waals surface area contributed by atoms with Crippen molar-refractivity contribution in [1.29, 1.82) is 0 Å². The summed E-state index contributed by atoms with van der Waals surface area (Å²) >= 11 is 0. The van der Waals surface area contributed by atoms with Crippen LogP contribution in [0.2, 0.25) is 0 Å². The van der Waals surface area contributed by atoms with E-state index in [2.05, 4.69) is 12.1 Å². The molecule has 0 radical (unpaired) electrons. The lowest BCUT2D eigenvalue weighted by molar-refractivity contribution is -0.134. The molecule has 0 heterocycles. The van der Waals surface area contributed by atoms with E-state index in [-0.39, 0.29) is 11.8 Å². The van der Waals surface area contributed by atoms with E-state index in [0.717, 1.165) is 24.1 Å². The summed E-state index contributed by atoms with van der Waals surface area (Å²) in [6, 6.07) is 16.0. The molecule has 3 nitrogen and oxygen atoms in total. The fourth-order valence-electron chi connectivity index (χ4n) is 3.06. The number of rotatable bonds is 3. The number of anilines is 1. The van der Waals surface area contributed by atoms with Crippen LogP contribution in [0.5, 0.6) is 0 Å². The number of hydrogen-bond donors (Lipinski definition) is 1. The minimum Gasteiger partial charge on any atom is -0.398 e. The summed E-state index contributed by atoms with van der Waals surface area (Å²) in [6.07, 6.45) is 1.70. The maximum Gasteiger partial charge on any atom is 0.226 e. The minimum atomic E-state index is 0.0670. The molecular weight excluding hydrogens is 260 g/mol. The molecule has 3 rings (SSSR count). The molecule has 1 aliphatic rings. The summed E-state index contributed by atoms with van der Waals surface area (Å²) in [4.78, 5) is 14.4. The lowest BCUT2D eigenvalue weighted by Gasteiger charge is -2.21. The highest BCUT2D eigenvalue weighted by Crippen LogP contribution is 2.28. The molecule has 0 bridgehead atoms. The predicted octanol–water partition coefficient (Wildman–Crippen LogP) is 2.64. The van der Waals surface area contributed by atoms with Crippen LogP contribution in [0.15, 0.2) is 48.5 Å². The van der Waals surface area contributed by atoms with Crippen LogP contribution in [0.25, 0.3) is 0 Å². The SMILES string of the molecule is CN(Cc1ccccc1N)C(=O)C1Cc2ccccc2C1. The van der Waals surface area contributed by atoms with E-state index in [1.807, 2.05) is 43.4 Å². The van der Waals surface area contributed by atoms with Crippen molar-refractivity contribution in [3.8, 4) is 0 Å². The van der Waals surface area contributed by atoms with Crippen LogP contribution in [0.4, 0.5) is 5.69 Å². The molecular formula is C18H20N2O. The maximum absolute atomic E-state index is 12.6. The fraction of sp³-hybridized carbons (Fsp3) is 0.278. The number of nitrogens with zero attached hydrogens (tertiary/aromatic N) is 1. The van der Waals surface area contributed by atoms with Crippen molar-refractivity contribution in [2.45, 2.75) is 19.4 Å². The van der Waals surface area contributed by atoms with Gasteiger partial charge in [-0.15, -0.1) is 0 Å². The van der Waals surface area contributed by atoms with E-state index in [0.29, 0.717) is 6.54 Å². The topological polar surface area (TPSA) is 46.3 Å². The van der Waals surface area contributed by atoms with Crippen LogP contribution in [-0.4, -0.2) is 17.9 Å². The van der Waals surface area contributed by atoms with Gasteiger partial charge < -0.3 is 10.6 Å². The monoisotopic (exact) mass is 280 g/mol. The van der Waals surface area contributed by atoms with Gasteiger partial charge in [-0.1, -0.05) is 42.5 Å². The van der Waals surface area contributed by atoms with Crippen molar-refractivity contribution in [3.05, 3.63) is 65.2 Å². The van der Waals surface area contributed by atoms with E-state index >= 15 is 0 Å². The summed E-state index contributed by atoms with van der Waals surface area (Å²) in [5.41, 5.74) is 10.3. The van der Waals surface area contributed by atoms with Crippen LogP contribution in [-0.2, 0) is 24.2 Å². The third kappa shape index (κ3) is 2.77. The van der Waals surface area contributed by atoms with Crippen LogP contribution >= 0.6 is 0 Å². The van der Waals surface area contributed by atoms with Crippen LogP contribution < -0.4 is 5.73 Å². The molecule has 1 aliphatic carbocycles. The Morgan fingerprint density at radius 2 is 1.67 bits per heavy atom. The molecule has 0 saturated carbocycles. The Morgan fingerprint density at radius 3 is 2.29 bits per heavy atom. The van der Waals surface area contributed by atoms with Gasteiger partial charge in [0, 0.05) is 25.2 Å². The molecule has 0 aliphatic heterocycles. The summed E-state index contributed by atoms with van der Waals surface area (Å²) < 4.78 is 0. The quantitative estimate of drug-likeness (QED) is 0.879. The number of amides is 1. The number of hydrogen-bond acceptors (Lipinski definition) is 2. The molecule has 0 aromatic heterocycles. The Morgan fingerprint density at radius 1 is 1.10 bits per heavy atom. The summed E-state index contributed by atoms with van der Waals surface area (Å²) in [5, 5.41) is 0. The lowest BCUT2D eigenvalue weighted by atomic mass is 10.0. The molecule has 108 valence electrons. The number of carbonyl (C=O) groups excluding carboxylic acids is 1. The van der Waals surface area contributed by atoms with Gasteiger partial charge in [0.05, 0.1) is 0 Å². The van der Waals surface area contributed by atoms with Crippen LogP contribution in [0, 0.1) is 5.92 Å². The molecule has 0 spiro atoms. The first-order valence-electron chi connectivity index (χ1n) is 7.30. The Balaban J connectivity index is 1.68. The number of fused-ring (bicyclic) bond motifs is 1. The molecule has 2 aromatic carbocycles. The maximum atomic E-state index is 12.6. The standard InChI is InChI=1S/C18H20N2O/c1-20(12-15-8-4-5-9-17(15)19)18(21)16-10-13-6-2-3-7-14(13)11-16/h2-9,16H,10-12,19H2,1H3. The second-order valence-electron chi connectivity index (χ2n) is 5.77. The zero-order chi connectivity index (χ0) is 14.8. The zero-order valence-corrected chi connectivity index (χ0v) is 12.3. The molecule has 1 amide bonds. The Bertz CT molecular complexity index is 641. The van der Waals surface area contributed by atoms with Crippen molar-refractivity contribution in [2.24, 2.45) is 5.92 Å². The van der Waals surface area contributed by atoms with Gasteiger partial charge in [0.2, 0.25) is 5.91 Å². The molecule has 0 atom stereocenters. The zero-order valence-electron chi connectivity index (χ0n) is 12.3. The molecule has 0 fully saturated rings. The minimum absolute atomic E-state index is 0.0670. The Hall–Kier alpha value is -2.29. The van der Waals surface area contributed by atoms with E-state index < -0.39 is 0 Å². The molecule has 0 saturated heterocycles. The van der Waals surface area contributed by atoms with Gasteiger partial charge in [-0.3, -0.25) is 4.79 Å². The van der Waals surface area contributed by atoms with Crippen molar-refractivity contribution >= 4 is 11.6 Å². The highest BCUT2D eigenvalue weighted by molar-refractivity contribution is 5.80. The van der Waals surface area contributed by atoms with Crippen molar-refractivity contribution in [2.75, 3.05) is 12.8 Å². The molecule has 2 aromatic rings. The van der Waals surface area contributed by atoms with Gasteiger partial charge in [-0.05, 0) is 35.6 Å². The third-order valence-electron chi connectivity index (χ3n) is 4.24. The third-order valence-corrected chi connectivity index (χ3v) is 4.24. The summed E-state index contributed by atoms with van der Waals surface area (Å²) in [7, 11) is 1.86. The van der Waals surface area contributed by atoms with Gasteiger partial charge >= 0.3 is 0 Å². The highest BCUT2D eigenvalue weighted by atomic mass is 16.2. The lowest BCUT2D eigenvalue weighted by Crippen LogP contribution is -2.33. The smallest absolute Gasteiger partial charge is 0.226 e. The average molecular weight is 280 g/mol.